The Hall–Kier alpha value is -0.165. The van der Waals surface area contributed by atoms with Crippen LogP contribution in [0, 0.1) is 0 Å². The molecule has 0 aromatic carbocycles. The summed E-state index contributed by atoms with van der Waals surface area (Å²) in [6.45, 7) is 7.61. The van der Waals surface area contributed by atoms with E-state index in [1.165, 1.54) is 17.4 Å². The van der Waals surface area contributed by atoms with Crippen LogP contribution < -0.4 is 0 Å². The molecule has 1 saturated heterocycles. The molecule has 0 unspecified atom stereocenters. The average Bonchev–Trinajstić information content (AvgIpc) is 2.70. The lowest BCUT2D eigenvalue weighted by molar-refractivity contribution is 0.00578. The van der Waals surface area contributed by atoms with Crippen LogP contribution in [0.15, 0.2) is 21.0 Å². The second-order valence-corrected chi connectivity index (χ2v) is 6.89. The zero-order valence-electron chi connectivity index (χ0n) is 10.8. The fourth-order valence-electron chi connectivity index (χ4n) is 1.57. The molecule has 2 heterocycles. The van der Waals surface area contributed by atoms with Crippen molar-refractivity contribution in [3.05, 3.63) is 26.5 Å². The summed E-state index contributed by atoms with van der Waals surface area (Å²) in [5, 5.41) is 3.78. The molecule has 0 amide bonds. The van der Waals surface area contributed by atoms with Crippen molar-refractivity contribution in [3.8, 4) is 0 Å². The van der Waals surface area contributed by atoms with Gasteiger partial charge in [-0.2, -0.15) is 11.3 Å². The highest BCUT2D eigenvalue weighted by Crippen LogP contribution is 2.39. The molecule has 0 aliphatic carbocycles. The summed E-state index contributed by atoms with van der Waals surface area (Å²) in [6, 6.07) is 0. The Bertz CT molecular complexity index is 468. The molecule has 2 rings (SSSR count). The summed E-state index contributed by atoms with van der Waals surface area (Å²) < 4.78 is 26.3. The summed E-state index contributed by atoms with van der Waals surface area (Å²) in [5.74, 6) is 0. The van der Waals surface area contributed by atoms with E-state index in [2.05, 4.69) is 15.9 Å². The predicted octanol–water partition coefficient (Wildman–Crippen LogP) is 4.45. The predicted molar refractivity (Wildman–Crippen MR) is 77.2 cm³/mol. The highest BCUT2D eigenvalue weighted by Gasteiger charge is 2.53. The van der Waals surface area contributed by atoms with Gasteiger partial charge in [0.25, 0.3) is 0 Å². The maximum Gasteiger partial charge on any atom is 0.525 e. The van der Waals surface area contributed by atoms with Crippen LogP contribution in [0.3, 0.4) is 0 Å². The Kier molecular flexibility index (Phi) is 3.75. The highest BCUT2D eigenvalue weighted by molar-refractivity contribution is 9.10. The van der Waals surface area contributed by atoms with Gasteiger partial charge in [-0.05, 0) is 55.1 Å². The van der Waals surface area contributed by atoms with E-state index in [0.717, 1.165) is 10.0 Å². The van der Waals surface area contributed by atoms with Crippen LogP contribution in [-0.2, 0) is 9.31 Å². The first-order valence-corrected chi connectivity index (χ1v) is 7.41. The Morgan fingerprint density at radius 3 is 2.28 bits per heavy atom. The minimum Gasteiger partial charge on any atom is -0.398 e. The fourth-order valence-corrected chi connectivity index (χ4v) is 2.94. The minimum atomic E-state index is -0.929. The molecule has 6 heteroatoms. The largest absolute Gasteiger partial charge is 0.525 e. The summed E-state index contributed by atoms with van der Waals surface area (Å²) in [6.07, 6.45) is 1.45. The van der Waals surface area contributed by atoms with Gasteiger partial charge in [0.2, 0.25) is 0 Å². The van der Waals surface area contributed by atoms with E-state index in [1.54, 1.807) is 0 Å². The zero-order chi connectivity index (χ0) is 13.6. The summed E-state index contributed by atoms with van der Waals surface area (Å²) in [7, 11) is -0.929. The van der Waals surface area contributed by atoms with Gasteiger partial charge >= 0.3 is 7.12 Å². The van der Waals surface area contributed by atoms with Gasteiger partial charge in [-0.15, -0.1) is 0 Å². The van der Waals surface area contributed by atoms with Crippen molar-refractivity contribution < 1.29 is 13.7 Å². The first kappa shape index (κ1) is 14.2. The van der Waals surface area contributed by atoms with Gasteiger partial charge in [-0.1, -0.05) is 0 Å². The monoisotopic (exact) mass is 332 g/mol. The van der Waals surface area contributed by atoms with Crippen LogP contribution in [0.1, 0.15) is 33.3 Å². The van der Waals surface area contributed by atoms with Crippen molar-refractivity contribution in [2.45, 2.75) is 38.9 Å². The molecule has 0 bridgehead atoms. The summed E-state index contributed by atoms with van der Waals surface area (Å²) >= 11 is 4.88. The summed E-state index contributed by atoms with van der Waals surface area (Å²) in [4.78, 5) is 0. The number of thiophene rings is 1. The lowest BCUT2D eigenvalue weighted by atomic mass is 9.87. The number of hydrogen-bond acceptors (Lipinski definition) is 3. The minimum absolute atomic E-state index is 0.409. The van der Waals surface area contributed by atoms with Crippen LogP contribution in [-0.4, -0.2) is 18.3 Å². The van der Waals surface area contributed by atoms with E-state index < -0.39 is 24.0 Å². The Balaban J connectivity index is 2.20. The van der Waals surface area contributed by atoms with Crippen molar-refractivity contribution in [2.75, 3.05) is 0 Å². The van der Waals surface area contributed by atoms with Crippen molar-refractivity contribution >= 4 is 40.5 Å². The second kappa shape index (κ2) is 4.74. The molecular weight excluding hydrogens is 318 g/mol. The molecule has 0 atom stereocenters. The van der Waals surface area contributed by atoms with Crippen LogP contribution in [0.4, 0.5) is 4.39 Å². The van der Waals surface area contributed by atoms with Gasteiger partial charge < -0.3 is 9.31 Å². The topological polar surface area (TPSA) is 18.5 Å². The normalized spacial score (nSPS) is 22.6. The molecule has 0 N–H and O–H groups in total. The Morgan fingerprint density at radius 2 is 1.83 bits per heavy atom. The molecule has 1 aromatic rings. The molecular formula is C12H15BBrFO2S. The quantitative estimate of drug-likeness (QED) is 0.745. The molecule has 18 heavy (non-hydrogen) atoms. The maximum atomic E-state index is 14.1. The van der Waals surface area contributed by atoms with Crippen LogP contribution in [0.5, 0.6) is 0 Å². The lowest BCUT2D eigenvalue weighted by Crippen LogP contribution is -2.41. The van der Waals surface area contributed by atoms with E-state index >= 15 is 0 Å². The molecule has 1 aliphatic heterocycles. The first-order valence-electron chi connectivity index (χ1n) is 5.67. The molecule has 0 saturated carbocycles. The molecule has 0 spiro atoms. The van der Waals surface area contributed by atoms with Gasteiger partial charge in [0.15, 0.2) is 0 Å². The summed E-state index contributed by atoms with van der Waals surface area (Å²) in [5.41, 5.74) is -0.649. The molecule has 1 aromatic heterocycles. The van der Waals surface area contributed by atoms with Crippen molar-refractivity contribution in [1.82, 2.24) is 0 Å². The van der Waals surface area contributed by atoms with Crippen LogP contribution in [0.25, 0.3) is 6.08 Å². The molecule has 1 aliphatic rings. The van der Waals surface area contributed by atoms with E-state index in [9.17, 15) is 4.39 Å². The average molecular weight is 333 g/mol. The smallest absolute Gasteiger partial charge is 0.398 e. The van der Waals surface area contributed by atoms with Crippen molar-refractivity contribution in [2.24, 2.45) is 0 Å². The number of halogens is 2. The highest BCUT2D eigenvalue weighted by atomic mass is 79.9. The fraction of sp³-hybridized carbons (Fsp3) is 0.500. The van der Waals surface area contributed by atoms with Crippen LogP contribution >= 0.6 is 27.3 Å². The van der Waals surface area contributed by atoms with E-state index in [0.29, 0.717) is 0 Å². The third-order valence-electron chi connectivity index (χ3n) is 3.41. The van der Waals surface area contributed by atoms with Crippen molar-refractivity contribution in [3.63, 3.8) is 0 Å². The SMILES string of the molecule is CC1(C)OB(C(F)=Cc2cscc2Br)OC1(C)C. The van der Waals surface area contributed by atoms with Gasteiger partial charge in [0.05, 0.1) is 11.2 Å². The Morgan fingerprint density at radius 1 is 1.28 bits per heavy atom. The maximum absolute atomic E-state index is 14.1. The standard InChI is InChI=1S/C12H15BBrFO2S/c1-11(2)12(3,4)17-13(16-11)10(15)5-8-6-18-7-9(8)14/h5-7H,1-4H3. The molecule has 98 valence electrons. The van der Waals surface area contributed by atoms with Gasteiger partial charge in [0, 0.05) is 15.4 Å². The molecule has 1 fully saturated rings. The third-order valence-corrected chi connectivity index (χ3v) is 5.17. The van der Waals surface area contributed by atoms with Crippen molar-refractivity contribution in [1.29, 1.82) is 0 Å². The first-order chi connectivity index (χ1) is 8.23. The second-order valence-electron chi connectivity index (χ2n) is 5.29. The van der Waals surface area contributed by atoms with E-state index in [4.69, 9.17) is 9.31 Å². The van der Waals surface area contributed by atoms with Gasteiger partial charge in [-0.25, -0.2) is 4.39 Å². The van der Waals surface area contributed by atoms with E-state index in [-0.39, 0.29) is 0 Å². The zero-order valence-corrected chi connectivity index (χ0v) is 13.2. The lowest BCUT2D eigenvalue weighted by Gasteiger charge is -2.32. The number of hydrogen-bond donors (Lipinski definition) is 0. The van der Waals surface area contributed by atoms with Gasteiger partial charge in [-0.3, -0.25) is 0 Å². The van der Waals surface area contributed by atoms with E-state index in [1.807, 2.05) is 38.5 Å². The third kappa shape index (κ3) is 2.57. The molecule has 0 radical (unpaired) electrons. The van der Waals surface area contributed by atoms with Crippen LogP contribution in [0.2, 0.25) is 0 Å². The Labute approximate surface area is 119 Å². The molecule has 2 nitrogen and oxygen atoms in total. The number of rotatable bonds is 2. The van der Waals surface area contributed by atoms with Gasteiger partial charge in [0.1, 0.15) is 5.73 Å².